The standard InChI is InChI=1S/C18H18N2O4/c1-11-2-5-13(6-3-11)24-16-9-4-12(10-19-16)20-17(21)14-7-8-15(14)18(22)23/h2-6,9-10,14-15H,7-8H2,1H3,(H,20,21)(H,22,23). The molecule has 1 heterocycles. The van der Waals surface area contributed by atoms with E-state index < -0.39 is 17.8 Å². The van der Waals surface area contributed by atoms with E-state index in [-0.39, 0.29) is 5.91 Å². The number of pyridine rings is 1. The summed E-state index contributed by atoms with van der Waals surface area (Å²) in [4.78, 5) is 27.2. The van der Waals surface area contributed by atoms with E-state index in [0.29, 0.717) is 30.2 Å². The van der Waals surface area contributed by atoms with Gasteiger partial charge in [-0.1, -0.05) is 17.7 Å². The first kappa shape index (κ1) is 16.0. The molecule has 0 spiro atoms. The fraction of sp³-hybridized carbons (Fsp3) is 0.278. The molecule has 1 aromatic heterocycles. The molecule has 1 aromatic carbocycles. The van der Waals surface area contributed by atoms with Crippen molar-refractivity contribution in [3.63, 3.8) is 0 Å². The van der Waals surface area contributed by atoms with Crippen molar-refractivity contribution < 1.29 is 19.4 Å². The van der Waals surface area contributed by atoms with Gasteiger partial charge < -0.3 is 15.2 Å². The molecule has 1 fully saturated rings. The molecule has 2 unspecified atom stereocenters. The van der Waals surface area contributed by atoms with Crippen LogP contribution in [0.25, 0.3) is 0 Å². The minimum absolute atomic E-state index is 0.275. The van der Waals surface area contributed by atoms with E-state index in [2.05, 4.69) is 10.3 Å². The summed E-state index contributed by atoms with van der Waals surface area (Å²) in [6, 6.07) is 10.9. The number of ether oxygens (including phenoxy) is 1. The van der Waals surface area contributed by atoms with Gasteiger partial charge in [0.05, 0.1) is 23.7 Å². The number of carboxylic acids is 1. The van der Waals surface area contributed by atoms with Gasteiger partial charge in [0.25, 0.3) is 0 Å². The maximum atomic E-state index is 12.1. The van der Waals surface area contributed by atoms with Gasteiger partial charge in [0.15, 0.2) is 0 Å². The Kier molecular flexibility index (Phi) is 4.46. The predicted octanol–water partition coefficient (Wildman–Crippen LogP) is 3.23. The van der Waals surface area contributed by atoms with E-state index in [1.165, 1.54) is 6.20 Å². The maximum Gasteiger partial charge on any atom is 0.307 e. The van der Waals surface area contributed by atoms with E-state index in [4.69, 9.17) is 9.84 Å². The molecule has 2 N–H and O–H groups in total. The number of rotatable bonds is 5. The third-order valence-corrected chi connectivity index (χ3v) is 4.18. The molecule has 1 saturated carbocycles. The first-order valence-electron chi connectivity index (χ1n) is 7.77. The van der Waals surface area contributed by atoms with E-state index in [0.717, 1.165) is 5.56 Å². The molecule has 0 radical (unpaired) electrons. The number of benzene rings is 1. The van der Waals surface area contributed by atoms with Gasteiger partial charge in [0.1, 0.15) is 5.75 Å². The van der Waals surface area contributed by atoms with Crippen molar-refractivity contribution in [1.29, 1.82) is 0 Å². The number of nitrogens with one attached hydrogen (secondary N) is 1. The number of carbonyl (C=O) groups excluding carboxylic acids is 1. The molecule has 2 atom stereocenters. The normalized spacial score (nSPS) is 19.2. The largest absolute Gasteiger partial charge is 0.481 e. The minimum atomic E-state index is -0.915. The van der Waals surface area contributed by atoms with Crippen LogP contribution >= 0.6 is 0 Å². The third-order valence-electron chi connectivity index (χ3n) is 4.18. The van der Waals surface area contributed by atoms with Gasteiger partial charge in [0.2, 0.25) is 11.8 Å². The number of aliphatic carboxylic acids is 1. The van der Waals surface area contributed by atoms with Crippen molar-refractivity contribution in [1.82, 2.24) is 4.98 Å². The van der Waals surface area contributed by atoms with Gasteiger partial charge in [-0.25, -0.2) is 4.98 Å². The zero-order chi connectivity index (χ0) is 17.1. The molecule has 24 heavy (non-hydrogen) atoms. The lowest BCUT2D eigenvalue weighted by atomic mass is 9.73. The number of hydrogen-bond acceptors (Lipinski definition) is 4. The molecule has 0 aliphatic heterocycles. The van der Waals surface area contributed by atoms with Crippen LogP contribution in [0.3, 0.4) is 0 Å². The van der Waals surface area contributed by atoms with Crippen LogP contribution in [0.4, 0.5) is 5.69 Å². The Bertz CT molecular complexity index is 741. The molecule has 3 rings (SSSR count). The minimum Gasteiger partial charge on any atom is -0.481 e. The molecule has 1 aliphatic rings. The monoisotopic (exact) mass is 326 g/mol. The Morgan fingerprint density at radius 3 is 2.38 bits per heavy atom. The van der Waals surface area contributed by atoms with Crippen molar-refractivity contribution >= 4 is 17.6 Å². The second-order valence-electron chi connectivity index (χ2n) is 5.92. The van der Waals surface area contributed by atoms with Crippen molar-refractivity contribution in [2.24, 2.45) is 11.8 Å². The van der Waals surface area contributed by atoms with Gasteiger partial charge in [0, 0.05) is 6.07 Å². The van der Waals surface area contributed by atoms with Crippen LogP contribution in [0, 0.1) is 18.8 Å². The van der Waals surface area contributed by atoms with E-state index in [1.54, 1.807) is 12.1 Å². The van der Waals surface area contributed by atoms with Crippen molar-refractivity contribution in [2.45, 2.75) is 19.8 Å². The molecule has 6 nitrogen and oxygen atoms in total. The van der Waals surface area contributed by atoms with Crippen LogP contribution in [0.15, 0.2) is 42.6 Å². The summed E-state index contributed by atoms with van der Waals surface area (Å²) in [5.74, 6) is -1.13. The number of carboxylic acid groups (broad SMARTS) is 1. The van der Waals surface area contributed by atoms with Crippen molar-refractivity contribution in [3.05, 3.63) is 48.2 Å². The average Bonchev–Trinajstić information content (AvgIpc) is 2.50. The Morgan fingerprint density at radius 2 is 1.83 bits per heavy atom. The zero-order valence-corrected chi connectivity index (χ0v) is 13.2. The quantitative estimate of drug-likeness (QED) is 0.880. The molecular formula is C18H18N2O4. The number of aromatic nitrogens is 1. The Labute approximate surface area is 139 Å². The highest BCUT2D eigenvalue weighted by atomic mass is 16.5. The highest BCUT2D eigenvalue weighted by molar-refractivity contribution is 5.95. The summed E-state index contributed by atoms with van der Waals surface area (Å²) in [6.07, 6.45) is 2.65. The lowest BCUT2D eigenvalue weighted by Gasteiger charge is -2.31. The lowest BCUT2D eigenvalue weighted by Crippen LogP contribution is -2.41. The van der Waals surface area contributed by atoms with Crippen LogP contribution < -0.4 is 10.1 Å². The van der Waals surface area contributed by atoms with Gasteiger partial charge >= 0.3 is 5.97 Å². The number of carbonyl (C=O) groups is 2. The summed E-state index contributed by atoms with van der Waals surface area (Å²) >= 11 is 0. The number of aryl methyl sites for hydroxylation is 1. The smallest absolute Gasteiger partial charge is 0.307 e. The molecule has 0 bridgehead atoms. The average molecular weight is 326 g/mol. The summed E-state index contributed by atoms with van der Waals surface area (Å²) in [5.41, 5.74) is 1.66. The topological polar surface area (TPSA) is 88.5 Å². The van der Waals surface area contributed by atoms with Gasteiger partial charge in [-0.2, -0.15) is 0 Å². The number of anilines is 1. The molecule has 6 heteroatoms. The van der Waals surface area contributed by atoms with Gasteiger partial charge in [-0.3, -0.25) is 9.59 Å². The molecule has 1 aliphatic carbocycles. The third kappa shape index (κ3) is 3.53. The second kappa shape index (κ2) is 6.70. The Morgan fingerprint density at radius 1 is 1.12 bits per heavy atom. The molecule has 0 saturated heterocycles. The van der Waals surface area contributed by atoms with Crippen molar-refractivity contribution in [3.8, 4) is 11.6 Å². The number of hydrogen-bond donors (Lipinski definition) is 2. The SMILES string of the molecule is Cc1ccc(Oc2ccc(NC(=O)C3CCC3C(=O)O)cn2)cc1. The van der Waals surface area contributed by atoms with Gasteiger partial charge in [-0.15, -0.1) is 0 Å². The lowest BCUT2D eigenvalue weighted by molar-refractivity contribution is -0.151. The number of nitrogens with zero attached hydrogens (tertiary/aromatic N) is 1. The summed E-state index contributed by atoms with van der Waals surface area (Å²) in [7, 11) is 0. The summed E-state index contributed by atoms with van der Waals surface area (Å²) in [6.45, 7) is 2.00. The van der Waals surface area contributed by atoms with E-state index in [1.807, 2.05) is 31.2 Å². The number of amides is 1. The van der Waals surface area contributed by atoms with Crippen LogP contribution in [0.2, 0.25) is 0 Å². The van der Waals surface area contributed by atoms with E-state index in [9.17, 15) is 9.59 Å². The second-order valence-corrected chi connectivity index (χ2v) is 5.92. The highest BCUT2D eigenvalue weighted by Gasteiger charge is 2.41. The first-order valence-corrected chi connectivity index (χ1v) is 7.77. The molecular weight excluding hydrogens is 308 g/mol. The molecule has 1 amide bonds. The fourth-order valence-electron chi connectivity index (χ4n) is 2.59. The highest BCUT2D eigenvalue weighted by Crippen LogP contribution is 2.35. The predicted molar refractivity (Wildman–Crippen MR) is 88.0 cm³/mol. The van der Waals surface area contributed by atoms with Crippen LogP contribution in [-0.2, 0) is 9.59 Å². The van der Waals surface area contributed by atoms with Crippen LogP contribution in [-0.4, -0.2) is 22.0 Å². The Balaban J connectivity index is 1.59. The fourth-order valence-corrected chi connectivity index (χ4v) is 2.59. The van der Waals surface area contributed by atoms with Crippen LogP contribution in [0.5, 0.6) is 11.6 Å². The van der Waals surface area contributed by atoms with Crippen LogP contribution in [0.1, 0.15) is 18.4 Å². The van der Waals surface area contributed by atoms with Gasteiger partial charge in [-0.05, 0) is 38.0 Å². The molecule has 2 aromatic rings. The first-order chi connectivity index (χ1) is 11.5. The summed E-state index contributed by atoms with van der Waals surface area (Å²) < 4.78 is 5.62. The Hall–Kier alpha value is -2.89. The maximum absolute atomic E-state index is 12.1. The summed E-state index contributed by atoms with van der Waals surface area (Å²) in [5, 5.41) is 11.7. The zero-order valence-electron chi connectivity index (χ0n) is 13.2. The molecule has 124 valence electrons. The van der Waals surface area contributed by atoms with E-state index >= 15 is 0 Å². The van der Waals surface area contributed by atoms with Crippen molar-refractivity contribution in [2.75, 3.05) is 5.32 Å².